The Balaban J connectivity index is 2.29. The van der Waals surface area contributed by atoms with Crippen molar-refractivity contribution < 1.29 is 9.21 Å². The summed E-state index contributed by atoms with van der Waals surface area (Å²) in [6.45, 7) is 8.25. The molecule has 6 nitrogen and oxygen atoms in total. The zero-order valence-electron chi connectivity index (χ0n) is 15.2. The van der Waals surface area contributed by atoms with Gasteiger partial charge in [0.2, 0.25) is 0 Å². The molecule has 0 radical (unpaired) electrons. The van der Waals surface area contributed by atoms with Crippen LogP contribution in [-0.4, -0.2) is 37.5 Å². The lowest BCUT2D eigenvalue weighted by Gasteiger charge is -2.17. The van der Waals surface area contributed by atoms with E-state index >= 15 is 0 Å². The molecule has 0 aliphatic carbocycles. The molecule has 0 aliphatic rings. The van der Waals surface area contributed by atoms with E-state index in [4.69, 9.17) is 4.42 Å². The molecule has 0 saturated carbocycles. The van der Waals surface area contributed by atoms with E-state index in [0.717, 1.165) is 18.9 Å². The van der Waals surface area contributed by atoms with Gasteiger partial charge in [0.15, 0.2) is 11.7 Å². The van der Waals surface area contributed by atoms with E-state index in [9.17, 15) is 4.79 Å². The second kappa shape index (κ2) is 12.4. The second-order valence-corrected chi connectivity index (χ2v) is 5.89. The van der Waals surface area contributed by atoms with Crippen molar-refractivity contribution in [2.24, 2.45) is 4.99 Å². The lowest BCUT2D eigenvalue weighted by Crippen LogP contribution is -2.42. The quantitative estimate of drug-likeness (QED) is 0.330. The molecule has 0 spiro atoms. The first-order chi connectivity index (χ1) is 11.7. The van der Waals surface area contributed by atoms with Gasteiger partial charge in [-0.15, -0.1) is 0 Å². The minimum absolute atomic E-state index is 0.211. The van der Waals surface area contributed by atoms with Gasteiger partial charge < -0.3 is 20.4 Å². The van der Waals surface area contributed by atoms with E-state index in [1.54, 1.807) is 12.1 Å². The van der Waals surface area contributed by atoms with Gasteiger partial charge >= 0.3 is 0 Å². The van der Waals surface area contributed by atoms with Crippen LogP contribution < -0.4 is 16.0 Å². The van der Waals surface area contributed by atoms with Gasteiger partial charge in [0, 0.05) is 19.1 Å². The Morgan fingerprint density at radius 1 is 1.25 bits per heavy atom. The average Bonchev–Trinajstić information content (AvgIpc) is 3.10. The van der Waals surface area contributed by atoms with Crippen molar-refractivity contribution in [3.8, 4) is 0 Å². The molecule has 0 aliphatic heterocycles. The Labute approximate surface area is 145 Å². The third-order valence-electron chi connectivity index (χ3n) is 3.63. The number of unbranched alkanes of at least 4 members (excludes halogenated alkanes) is 3. The van der Waals surface area contributed by atoms with Gasteiger partial charge in [0.05, 0.1) is 12.8 Å². The summed E-state index contributed by atoms with van der Waals surface area (Å²) < 4.78 is 5.05. The summed E-state index contributed by atoms with van der Waals surface area (Å²) in [7, 11) is 0. The lowest BCUT2D eigenvalue weighted by atomic mass is 10.1. The van der Waals surface area contributed by atoms with Gasteiger partial charge in [0.25, 0.3) is 5.91 Å². The fraction of sp³-hybridized carbons (Fsp3) is 0.667. The number of hydrogen-bond donors (Lipinski definition) is 3. The third kappa shape index (κ3) is 8.60. The monoisotopic (exact) mass is 336 g/mol. The number of nitrogens with zero attached hydrogens (tertiary/aromatic N) is 1. The molecule has 0 aromatic carbocycles. The van der Waals surface area contributed by atoms with Crippen molar-refractivity contribution in [3.63, 3.8) is 0 Å². The molecule has 0 bridgehead atoms. The molecular formula is C18H32N4O2. The van der Waals surface area contributed by atoms with Crippen molar-refractivity contribution >= 4 is 11.9 Å². The van der Waals surface area contributed by atoms with E-state index in [1.807, 2.05) is 6.92 Å². The highest BCUT2D eigenvalue weighted by atomic mass is 16.3. The zero-order valence-corrected chi connectivity index (χ0v) is 15.2. The number of furan rings is 1. The van der Waals surface area contributed by atoms with Crippen molar-refractivity contribution in [2.45, 2.75) is 58.9 Å². The lowest BCUT2D eigenvalue weighted by molar-refractivity contribution is 0.0927. The van der Waals surface area contributed by atoms with E-state index in [2.05, 4.69) is 34.8 Å². The third-order valence-corrected chi connectivity index (χ3v) is 3.63. The van der Waals surface area contributed by atoms with Crippen LogP contribution in [0.25, 0.3) is 0 Å². The van der Waals surface area contributed by atoms with Crippen LogP contribution in [-0.2, 0) is 0 Å². The molecule has 1 amide bonds. The van der Waals surface area contributed by atoms with Crippen molar-refractivity contribution in [2.75, 3.05) is 19.6 Å². The number of carbonyl (C=O) groups is 1. The summed E-state index contributed by atoms with van der Waals surface area (Å²) in [6.07, 6.45) is 7.71. The van der Waals surface area contributed by atoms with Crippen molar-refractivity contribution in [1.29, 1.82) is 0 Å². The number of guanidine groups is 1. The van der Waals surface area contributed by atoms with Crippen LogP contribution in [0.15, 0.2) is 27.8 Å². The molecule has 136 valence electrons. The molecule has 0 saturated heterocycles. The SMILES string of the molecule is CCCCCCC(C)NC(=NCCNC(=O)c1ccco1)NCC. The molecule has 0 fully saturated rings. The summed E-state index contributed by atoms with van der Waals surface area (Å²) in [4.78, 5) is 16.2. The highest BCUT2D eigenvalue weighted by Gasteiger charge is 2.07. The van der Waals surface area contributed by atoms with E-state index in [1.165, 1.54) is 31.9 Å². The summed E-state index contributed by atoms with van der Waals surface area (Å²) >= 11 is 0. The largest absolute Gasteiger partial charge is 0.459 e. The van der Waals surface area contributed by atoms with Crippen LogP contribution in [0, 0.1) is 0 Å². The van der Waals surface area contributed by atoms with Gasteiger partial charge in [-0.3, -0.25) is 9.79 Å². The van der Waals surface area contributed by atoms with Crippen LogP contribution >= 0.6 is 0 Å². The molecule has 3 N–H and O–H groups in total. The predicted octanol–water partition coefficient (Wildman–Crippen LogP) is 2.92. The fourth-order valence-electron chi connectivity index (χ4n) is 2.33. The predicted molar refractivity (Wildman–Crippen MR) is 98.4 cm³/mol. The maximum atomic E-state index is 11.7. The van der Waals surface area contributed by atoms with Gasteiger partial charge in [-0.1, -0.05) is 32.6 Å². The summed E-state index contributed by atoms with van der Waals surface area (Å²) in [5, 5.41) is 9.45. The maximum absolute atomic E-state index is 11.7. The van der Waals surface area contributed by atoms with Crippen LogP contribution in [0.1, 0.15) is 63.4 Å². The standard InChI is InChI=1S/C18H32N4O2/c1-4-6-7-8-10-15(3)22-18(19-5-2)21-13-12-20-17(23)16-11-9-14-24-16/h9,11,14-15H,4-8,10,12-13H2,1-3H3,(H,20,23)(H2,19,21,22). The normalized spacial score (nSPS) is 12.7. The fourth-order valence-corrected chi connectivity index (χ4v) is 2.33. The highest BCUT2D eigenvalue weighted by molar-refractivity contribution is 5.91. The Morgan fingerprint density at radius 3 is 2.75 bits per heavy atom. The minimum atomic E-state index is -0.211. The number of rotatable bonds is 11. The zero-order chi connectivity index (χ0) is 17.6. The Morgan fingerprint density at radius 2 is 2.08 bits per heavy atom. The Bertz CT molecular complexity index is 471. The first kappa shape index (κ1) is 20.1. The van der Waals surface area contributed by atoms with E-state index in [0.29, 0.717) is 24.9 Å². The molecule has 24 heavy (non-hydrogen) atoms. The Kier molecular flexibility index (Phi) is 10.4. The molecule has 1 rings (SSSR count). The van der Waals surface area contributed by atoms with E-state index < -0.39 is 0 Å². The Hall–Kier alpha value is -1.98. The van der Waals surface area contributed by atoms with Crippen LogP contribution in [0.5, 0.6) is 0 Å². The van der Waals surface area contributed by atoms with Crippen molar-refractivity contribution in [3.05, 3.63) is 24.2 Å². The highest BCUT2D eigenvalue weighted by Crippen LogP contribution is 2.05. The molecule has 1 aromatic rings. The van der Waals surface area contributed by atoms with Crippen LogP contribution in [0.4, 0.5) is 0 Å². The molecule has 1 unspecified atom stereocenters. The molecule has 6 heteroatoms. The second-order valence-electron chi connectivity index (χ2n) is 5.89. The molecule has 1 heterocycles. The van der Waals surface area contributed by atoms with E-state index in [-0.39, 0.29) is 5.91 Å². The van der Waals surface area contributed by atoms with Gasteiger partial charge in [-0.25, -0.2) is 0 Å². The summed E-state index contributed by atoms with van der Waals surface area (Å²) in [6, 6.07) is 3.73. The van der Waals surface area contributed by atoms with Gasteiger partial charge in [-0.2, -0.15) is 0 Å². The minimum Gasteiger partial charge on any atom is -0.459 e. The topological polar surface area (TPSA) is 78.7 Å². The van der Waals surface area contributed by atoms with Crippen molar-refractivity contribution in [1.82, 2.24) is 16.0 Å². The number of carbonyl (C=O) groups excluding carboxylic acids is 1. The molecule has 1 atom stereocenters. The average molecular weight is 336 g/mol. The summed E-state index contributed by atoms with van der Waals surface area (Å²) in [5.74, 6) is 0.912. The number of hydrogen-bond acceptors (Lipinski definition) is 3. The maximum Gasteiger partial charge on any atom is 0.287 e. The first-order valence-electron chi connectivity index (χ1n) is 9.03. The number of amides is 1. The first-order valence-corrected chi connectivity index (χ1v) is 9.03. The smallest absolute Gasteiger partial charge is 0.287 e. The molecule has 1 aromatic heterocycles. The van der Waals surface area contributed by atoms with Crippen LogP contribution in [0.3, 0.4) is 0 Å². The van der Waals surface area contributed by atoms with Gasteiger partial charge in [0.1, 0.15) is 0 Å². The van der Waals surface area contributed by atoms with Gasteiger partial charge in [-0.05, 0) is 32.4 Å². The van der Waals surface area contributed by atoms with Crippen LogP contribution in [0.2, 0.25) is 0 Å². The number of nitrogens with one attached hydrogen (secondary N) is 3. The number of aliphatic imine (C=N–C) groups is 1. The molecular weight excluding hydrogens is 304 g/mol. The summed E-state index contributed by atoms with van der Waals surface area (Å²) in [5.41, 5.74) is 0.